The molecule has 298 valence electrons. The Morgan fingerprint density at radius 3 is 2.32 bits per heavy atom. The number of anilines is 2. The average molecular weight is 841 g/mol. The van der Waals surface area contributed by atoms with Gasteiger partial charge < -0.3 is 15.2 Å². The van der Waals surface area contributed by atoms with E-state index in [1.807, 2.05) is 6.07 Å². The molecule has 6 atom stereocenters. The fourth-order valence-electron chi connectivity index (χ4n) is 9.76. The second-order valence-corrected chi connectivity index (χ2v) is 16.0. The molecule has 4 N–H and O–H groups in total. The first kappa shape index (κ1) is 38.8. The van der Waals surface area contributed by atoms with Crippen molar-refractivity contribution in [2.45, 2.75) is 30.4 Å². The fourth-order valence-corrected chi connectivity index (χ4v) is 10.1. The molecule has 1 aromatic heterocycles. The number of hydrogen-bond donors (Lipinski definition) is 4. The van der Waals surface area contributed by atoms with Crippen molar-refractivity contribution in [2.24, 2.45) is 23.7 Å². The number of amides is 4. The number of hydrogen-bond acceptors (Lipinski definition) is 9. The summed E-state index contributed by atoms with van der Waals surface area (Å²) in [5.41, 5.74) is 0.896. The van der Waals surface area contributed by atoms with Gasteiger partial charge in [0.1, 0.15) is 5.75 Å². The number of hydrazine groups is 1. The third-order valence-electron chi connectivity index (χ3n) is 12.2. The molecule has 2 aliphatic carbocycles. The Labute approximate surface area is 343 Å². The van der Waals surface area contributed by atoms with Crippen LogP contribution in [0.3, 0.4) is 0 Å². The van der Waals surface area contributed by atoms with E-state index in [9.17, 15) is 37.9 Å². The first-order chi connectivity index (χ1) is 28.1. The molecule has 2 saturated heterocycles. The minimum Gasteiger partial charge on any atom is -0.508 e. The molecule has 3 fully saturated rings. The lowest BCUT2D eigenvalue weighted by atomic mass is 9.48. The van der Waals surface area contributed by atoms with Crippen molar-refractivity contribution in [1.29, 1.82) is 0 Å². The number of carbonyl (C=O) groups excluding carboxylic acids is 4. The highest BCUT2D eigenvalue weighted by Crippen LogP contribution is 2.65. The van der Waals surface area contributed by atoms with Crippen LogP contribution in [-0.2, 0) is 30.8 Å². The van der Waals surface area contributed by atoms with Gasteiger partial charge in [-0.1, -0.05) is 89.4 Å². The zero-order chi connectivity index (χ0) is 41.7. The van der Waals surface area contributed by atoms with Gasteiger partial charge in [0.05, 0.1) is 39.4 Å². The van der Waals surface area contributed by atoms with Crippen LogP contribution < -0.4 is 15.8 Å². The number of benzene rings is 4. The lowest BCUT2D eigenvalue weighted by Gasteiger charge is -2.51. The minimum atomic E-state index is -4.78. The van der Waals surface area contributed by atoms with Gasteiger partial charge in [0, 0.05) is 22.7 Å². The van der Waals surface area contributed by atoms with Crippen LogP contribution in [0.5, 0.6) is 5.75 Å². The summed E-state index contributed by atoms with van der Waals surface area (Å²) in [6.45, 7) is 0. The SMILES string of the molecule is O=C1C2CC3C(=CCC4C(=O)N(c5cccc(B(O)O)c5)C(=O)C43)C(c3c(O)ccc4ccccc34)C2(c2ccc(Cl)cc2)C(=O)N1Nc1ncc(C(F)(F)F)cc1Cl. The molecule has 11 nitrogen and oxygen atoms in total. The Kier molecular flexibility index (Phi) is 9.16. The van der Waals surface area contributed by atoms with E-state index in [0.29, 0.717) is 44.2 Å². The molecule has 9 rings (SSSR count). The minimum absolute atomic E-state index is 0.0540. The standard InChI is InChI=1S/C42H30BCl2F3N4O7/c44-24-11-9-21(10-12-24)41-30(38(55)52(40(41)57)50-36-31(45)16-22(19-49-36)42(46,47)48)18-29-27(35(41)34-26-7-2-1-4-20(26)8-15-32(34)53)13-14-28-33(29)39(56)51(37(28)54)25-6-3-5-23(17-25)43(58)59/h1-13,15-17,19,28-30,33,35,53,58-59H,14,18H2,(H,49,50). The predicted octanol–water partition coefficient (Wildman–Crippen LogP) is 6.14. The Morgan fingerprint density at radius 2 is 1.61 bits per heavy atom. The summed E-state index contributed by atoms with van der Waals surface area (Å²) in [7, 11) is -1.87. The van der Waals surface area contributed by atoms with Gasteiger partial charge in [-0.2, -0.15) is 18.2 Å². The van der Waals surface area contributed by atoms with E-state index in [0.717, 1.165) is 4.90 Å². The van der Waals surface area contributed by atoms with Crippen molar-refractivity contribution in [3.63, 3.8) is 0 Å². The van der Waals surface area contributed by atoms with Crippen LogP contribution in [0.1, 0.15) is 35.4 Å². The van der Waals surface area contributed by atoms with E-state index < -0.39 is 88.3 Å². The number of phenols is 1. The summed E-state index contributed by atoms with van der Waals surface area (Å²) in [4.78, 5) is 64.3. The number of nitrogens with one attached hydrogen (secondary N) is 1. The molecule has 4 amide bonds. The van der Waals surface area contributed by atoms with Gasteiger partial charge >= 0.3 is 13.3 Å². The number of aromatic nitrogens is 1. The molecule has 2 aliphatic heterocycles. The van der Waals surface area contributed by atoms with Crippen LogP contribution in [0.15, 0.2) is 109 Å². The van der Waals surface area contributed by atoms with Crippen LogP contribution in [0, 0.1) is 23.7 Å². The largest absolute Gasteiger partial charge is 0.508 e. The number of nitrogens with zero attached hydrogens (tertiary/aromatic N) is 3. The monoisotopic (exact) mass is 840 g/mol. The summed E-state index contributed by atoms with van der Waals surface area (Å²) in [6, 6.07) is 23.0. The summed E-state index contributed by atoms with van der Waals surface area (Å²) in [5.74, 6) is -8.62. The third kappa shape index (κ3) is 5.85. The molecule has 5 aromatic rings. The van der Waals surface area contributed by atoms with Crippen LogP contribution in [0.2, 0.25) is 10.0 Å². The van der Waals surface area contributed by atoms with Crippen LogP contribution in [-0.4, -0.2) is 55.9 Å². The maximum atomic E-state index is 15.6. The summed E-state index contributed by atoms with van der Waals surface area (Å²) < 4.78 is 40.7. The zero-order valence-electron chi connectivity index (χ0n) is 30.4. The van der Waals surface area contributed by atoms with Crippen molar-refractivity contribution in [3.05, 3.63) is 136 Å². The second-order valence-electron chi connectivity index (χ2n) is 15.1. The maximum absolute atomic E-state index is 15.6. The number of alkyl halides is 3. The number of aromatic hydroxyl groups is 1. The molecule has 0 radical (unpaired) electrons. The number of fused-ring (bicyclic) bond motifs is 5. The highest BCUT2D eigenvalue weighted by atomic mass is 35.5. The quantitative estimate of drug-likeness (QED) is 0.0896. The van der Waals surface area contributed by atoms with Crippen molar-refractivity contribution in [1.82, 2.24) is 9.99 Å². The van der Waals surface area contributed by atoms with Crippen molar-refractivity contribution in [3.8, 4) is 5.75 Å². The van der Waals surface area contributed by atoms with Crippen LogP contribution in [0.4, 0.5) is 24.7 Å². The molecule has 4 aromatic carbocycles. The molecule has 4 aliphatic rings. The summed E-state index contributed by atoms with van der Waals surface area (Å²) in [5, 5.41) is 33.4. The second kappa shape index (κ2) is 13.9. The maximum Gasteiger partial charge on any atom is 0.488 e. The van der Waals surface area contributed by atoms with E-state index >= 15 is 9.59 Å². The summed E-state index contributed by atoms with van der Waals surface area (Å²) >= 11 is 12.7. The molecular formula is C42H30BCl2F3N4O7. The lowest BCUT2D eigenvalue weighted by Crippen LogP contribution is -2.53. The molecular weight excluding hydrogens is 811 g/mol. The third-order valence-corrected chi connectivity index (χ3v) is 12.8. The van der Waals surface area contributed by atoms with Gasteiger partial charge in [-0.15, -0.1) is 0 Å². The number of allylic oxidation sites excluding steroid dienone is 2. The predicted molar refractivity (Wildman–Crippen MR) is 211 cm³/mol. The number of halogens is 5. The number of rotatable bonds is 6. The average Bonchev–Trinajstić information content (AvgIpc) is 3.59. The first-order valence-electron chi connectivity index (χ1n) is 18.5. The van der Waals surface area contributed by atoms with Gasteiger partial charge in [-0.25, -0.2) is 4.98 Å². The Morgan fingerprint density at radius 1 is 0.864 bits per heavy atom. The Balaban J connectivity index is 1.26. The molecule has 0 bridgehead atoms. The van der Waals surface area contributed by atoms with E-state index in [4.69, 9.17) is 23.2 Å². The van der Waals surface area contributed by atoms with Gasteiger partial charge in [0.2, 0.25) is 11.8 Å². The highest BCUT2D eigenvalue weighted by molar-refractivity contribution is 6.58. The smallest absolute Gasteiger partial charge is 0.488 e. The van der Waals surface area contributed by atoms with Gasteiger partial charge in [-0.05, 0) is 77.0 Å². The van der Waals surface area contributed by atoms with E-state index in [1.165, 1.54) is 30.3 Å². The van der Waals surface area contributed by atoms with Crippen molar-refractivity contribution < 1.29 is 47.5 Å². The first-order valence-corrected chi connectivity index (χ1v) is 19.3. The number of carbonyl (C=O) groups is 4. The Bertz CT molecular complexity index is 2660. The van der Waals surface area contributed by atoms with Crippen molar-refractivity contribution in [2.75, 3.05) is 10.3 Å². The molecule has 0 spiro atoms. The molecule has 59 heavy (non-hydrogen) atoms. The van der Waals surface area contributed by atoms with E-state index in [1.54, 1.807) is 54.6 Å². The molecule has 17 heteroatoms. The topological polar surface area (TPSA) is 160 Å². The molecule has 1 saturated carbocycles. The fraction of sp³-hybridized carbons (Fsp3) is 0.214. The van der Waals surface area contributed by atoms with Gasteiger partial charge in [0.25, 0.3) is 11.8 Å². The normalized spacial score (nSPS) is 25.2. The number of imide groups is 2. The van der Waals surface area contributed by atoms with Crippen LogP contribution >= 0.6 is 23.2 Å². The van der Waals surface area contributed by atoms with E-state index in [2.05, 4.69) is 10.4 Å². The van der Waals surface area contributed by atoms with Gasteiger partial charge in [0.15, 0.2) is 5.82 Å². The van der Waals surface area contributed by atoms with Crippen LogP contribution in [0.25, 0.3) is 10.8 Å². The lowest BCUT2D eigenvalue weighted by molar-refractivity contribution is -0.139. The Hall–Kier alpha value is -5.74. The summed E-state index contributed by atoms with van der Waals surface area (Å²) in [6.07, 6.45) is -2.55. The molecule has 3 heterocycles. The number of pyridine rings is 1. The van der Waals surface area contributed by atoms with Crippen molar-refractivity contribution >= 4 is 81.7 Å². The highest BCUT2D eigenvalue weighted by Gasteiger charge is 2.71. The molecule has 6 unspecified atom stereocenters. The van der Waals surface area contributed by atoms with Gasteiger partial charge in [-0.3, -0.25) is 29.5 Å². The zero-order valence-corrected chi connectivity index (χ0v) is 31.9. The number of phenolic OH excluding ortho intramolecular Hbond substituents is 1. The van der Waals surface area contributed by atoms with E-state index in [-0.39, 0.29) is 35.3 Å².